The quantitative estimate of drug-likeness (QED) is 0.730. The van der Waals surface area contributed by atoms with Crippen LogP contribution in [0, 0.1) is 0 Å². The summed E-state index contributed by atoms with van der Waals surface area (Å²) in [6, 6.07) is 6.64. The van der Waals surface area contributed by atoms with Crippen LogP contribution in [0.4, 0.5) is 24.5 Å². The number of alkyl halides is 3. The summed E-state index contributed by atoms with van der Waals surface area (Å²) in [6.45, 7) is 3.80. The Morgan fingerprint density at radius 2 is 1.73 bits per heavy atom. The number of piperazine rings is 1. The van der Waals surface area contributed by atoms with Crippen molar-refractivity contribution in [1.82, 2.24) is 9.80 Å². The number of hydrogen-bond donors (Lipinski definition) is 1. The van der Waals surface area contributed by atoms with E-state index in [1.54, 1.807) is 17.0 Å². The lowest BCUT2D eigenvalue weighted by molar-refractivity contribution is -0.137. The fraction of sp³-hybridized carbons (Fsp3) is 0.455. The highest BCUT2D eigenvalue weighted by atomic mass is 19.4. The molecule has 11 heteroatoms. The molecule has 0 bridgehead atoms. The van der Waals surface area contributed by atoms with Gasteiger partial charge in [-0.3, -0.25) is 14.5 Å². The molecule has 33 heavy (non-hydrogen) atoms. The third kappa shape index (κ3) is 5.66. The third-order valence-electron chi connectivity index (χ3n) is 5.71. The summed E-state index contributed by atoms with van der Waals surface area (Å²) < 4.78 is 50.2. The van der Waals surface area contributed by atoms with Crippen molar-refractivity contribution in [3.8, 4) is 0 Å². The topological polar surface area (TPSA) is 78.3 Å². The first kappa shape index (κ1) is 23.1. The smallest absolute Gasteiger partial charge is 0.416 e. The van der Waals surface area contributed by atoms with Crippen LogP contribution < -0.4 is 10.2 Å². The number of carbonyl (C=O) groups excluding carboxylic acids is 2. The summed E-state index contributed by atoms with van der Waals surface area (Å²) in [6.07, 6.45) is -3.08. The number of ether oxygens (including phenoxy) is 1. The van der Waals surface area contributed by atoms with E-state index >= 15 is 0 Å². The Bertz CT molecular complexity index is 967. The average Bonchev–Trinajstić information content (AvgIpc) is 3.34. The number of amides is 2. The maximum atomic E-state index is 13.3. The molecule has 0 unspecified atom stereocenters. The van der Waals surface area contributed by atoms with Gasteiger partial charge < -0.3 is 24.3 Å². The van der Waals surface area contributed by atoms with Crippen LogP contribution in [-0.2, 0) is 15.7 Å². The van der Waals surface area contributed by atoms with Crippen LogP contribution >= 0.6 is 0 Å². The molecule has 0 radical (unpaired) electrons. The van der Waals surface area contributed by atoms with Gasteiger partial charge in [-0.1, -0.05) is 0 Å². The Labute approximate surface area is 188 Å². The summed E-state index contributed by atoms with van der Waals surface area (Å²) in [5.41, 5.74) is -0.156. The zero-order valence-electron chi connectivity index (χ0n) is 17.9. The second-order valence-corrected chi connectivity index (χ2v) is 7.92. The number of nitrogens with one attached hydrogen (secondary N) is 1. The number of halogens is 3. The van der Waals surface area contributed by atoms with Gasteiger partial charge in [0.1, 0.15) is 0 Å². The fourth-order valence-electron chi connectivity index (χ4n) is 3.95. The van der Waals surface area contributed by atoms with Crippen LogP contribution in [-0.4, -0.2) is 80.6 Å². The van der Waals surface area contributed by atoms with Crippen molar-refractivity contribution < 1.29 is 31.9 Å². The number of hydrogen-bond acceptors (Lipinski definition) is 6. The standard InChI is InChI=1S/C22H25F3N4O4/c23-22(24,25)16-3-4-18(28-9-12-32-13-10-28)17(14-16)26-20(30)15-27-5-7-29(8-6-27)21(31)19-2-1-11-33-19/h1-4,11,14H,5-10,12-13,15H2,(H,26,30). The molecule has 2 saturated heterocycles. The minimum Gasteiger partial charge on any atom is -0.459 e. The Hall–Kier alpha value is -3.05. The molecule has 2 amide bonds. The maximum absolute atomic E-state index is 13.3. The largest absolute Gasteiger partial charge is 0.459 e. The molecule has 2 aliphatic heterocycles. The summed E-state index contributed by atoms with van der Waals surface area (Å²) in [5.74, 6) is -0.348. The van der Waals surface area contributed by atoms with Crippen molar-refractivity contribution in [2.45, 2.75) is 6.18 Å². The number of rotatable bonds is 5. The molecule has 8 nitrogen and oxygen atoms in total. The Kier molecular flexibility index (Phi) is 6.89. The second-order valence-electron chi connectivity index (χ2n) is 7.92. The summed E-state index contributed by atoms with van der Waals surface area (Å²) >= 11 is 0. The van der Waals surface area contributed by atoms with Crippen molar-refractivity contribution in [3.05, 3.63) is 47.9 Å². The van der Waals surface area contributed by atoms with Gasteiger partial charge in [-0.05, 0) is 30.3 Å². The summed E-state index contributed by atoms with van der Waals surface area (Å²) in [5, 5.41) is 2.67. The fourth-order valence-corrected chi connectivity index (χ4v) is 3.95. The van der Waals surface area contributed by atoms with E-state index in [4.69, 9.17) is 9.15 Å². The average molecular weight is 466 g/mol. The minimum atomic E-state index is -4.51. The van der Waals surface area contributed by atoms with Gasteiger partial charge in [0.15, 0.2) is 5.76 Å². The van der Waals surface area contributed by atoms with Crippen molar-refractivity contribution in [2.24, 2.45) is 0 Å². The molecule has 178 valence electrons. The maximum Gasteiger partial charge on any atom is 0.416 e. The Morgan fingerprint density at radius 3 is 2.36 bits per heavy atom. The van der Waals surface area contributed by atoms with Crippen LogP contribution in [0.5, 0.6) is 0 Å². The summed E-state index contributed by atoms with van der Waals surface area (Å²) in [4.78, 5) is 30.5. The zero-order chi connectivity index (χ0) is 23.4. The molecule has 2 aromatic rings. The number of nitrogens with zero attached hydrogens (tertiary/aromatic N) is 3. The highest BCUT2D eigenvalue weighted by Crippen LogP contribution is 2.35. The normalized spacial score (nSPS) is 17.8. The number of morpholine rings is 1. The monoisotopic (exact) mass is 466 g/mol. The van der Waals surface area contributed by atoms with E-state index in [0.29, 0.717) is 58.2 Å². The van der Waals surface area contributed by atoms with Crippen molar-refractivity contribution >= 4 is 23.2 Å². The molecule has 3 heterocycles. The van der Waals surface area contributed by atoms with E-state index < -0.39 is 17.6 Å². The van der Waals surface area contributed by atoms with Crippen LogP contribution in [0.25, 0.3) is 0 Å². The van der Waals surface area contributed by atoms with Gasteiger partial charge in [0.25, 0.3) is 5.91 Å². The van der Waals surface area contributed by atoms with Crippen LogP contribution in [0.2, 0.25) is 0 Å². The molecule has 0 spiro atoms. The highest BCUT2D eigenvalue weighted by molar-refractivity contribution is 5.96. The third-order valence-corrected chi connectivity index (χ3v) is 5.71. The van der Waals surface area contributed by atoms with E-state index in [2.05, 4.69) is 5.32 Å². The lowest BCUT2D eigenvalue weighted by atomic mass is 10.1. The van der Waals surface area contributed by atoms with E-state index in [-0.39, 0.29) is 23.9 Å². The second kappa shape index (κ2) is 9.84. The predicted molar refractivity (Wildman–Crippen MR) is 114 cm³/mol. The zero-order valence-corrected chi connectivity index (χ0v) is 17.9. The lowest BCUT2D eigenvalue weighted by Gasteiger charge is -2.34. The SMILES string of the molecule is O=C(CN1CCN(C(=O)c2ccco2)CC1)Nc1cc(C(F)(F)F)ccc1N1CCOCC1. The van der Waals surface area contributed by atoms with E-state index in [0.717, 1.165) is 12.1 Å². The Balaban J connectivity index is 1.39. The van der Waals surface area contributed by atoms with Gasteiger partial charge in [-0.15, -0.1) is 0 Å². The van der Waals surface area contributed by atoms with Gasteiger partial charge in [0.2, 0.25) is 5.91 Å². The molecule has 1 aromatic carbocycles. The van der Waals surface area contributed by atoms with E-state index in [1.165, 1.54) is 12.3 Å². The van der Waals surface area contributed by atoms with E-state index in [1.807, 2.05) is 9.80 Å². The first-order chi connectivity index (χ1) is 15.8. The number of benzene rings is 1. The predicted octanol–water partition coefficient (Wildman–Crippen LogP) is 2.53. The number of carbonyl (C=O) groups is 2. The highest BCUT2D eigenvalue weighted by Gasteiger charge is 2.32. The van der Waals surface area contributed by atoms with Crippen molar-refractivity contribution in [3.63, 3.8) is 0 Å². The van der Waals surface area contributed by atoms with Gasteiger partial charge in [-0.2, -0.15) is 13.2 Å². The lowest BCUT2D eigenvalue weighted by Crippen LogP contribution is -2.50. The Morgan fingerprint density at radius 1 is 1.00 bits per heavy atom. The van der Waals surface area contributed by atoms with Crippen LogP contribution in [0.3, 0.4) is 0 Å². The molecular weight excluding hydrogens is 441 g/mol. The number of furan rings is 1. The molecule has 0 saturated carbocycles. The molecule has 1 aromatic heterocycles. The van der Waals surface area contributed by atoms with Gasteiger partial charge >= 0.3 is 6.18 Å². The molecule has 1 N–H and O–H groups in total. The minimum absolute atomic E-state index is 0.0155. The molecular formula is C22H25F3N4O4. The molecule has 2 fully saturated rings. The van der Waals surface area contributed by atoms with Gasteiger partial charge in [0.05, 0.1) is 43.0 Å². The van der Waals surface area contributed by atoms with Gasteiger partial charge in [-0.25, -0.2) is 0 Å². The molecule has 2 aliphatic rings. The number of anilines is 2. The molecule has 0 atom stereocenters. The van der Waals surface area contributed by atoms with Crippen LogP contribution in [0.15, 0.2) is 41.0 Å². The molecule has 0 aliphatic carbocycles. The first-order valence-corrected chi connectivity index (χ1v) is 10.7. The van der Waals surface area contributed by atoms with E-state index in [9.17, 15) is 22.8 Å². The van der Waals surface area contributed by atoms with Crippen molar-refractivity contribution in [2.75, 3.05) is 69.2 Å². The van der Waals surface area contributed by atoms with Crippen LogP contribution in [0.1, 0.15) is 16.1 Å². The van der Waals surface area contributed by atoms with Gasteiger partial charge in [0, 0.05) is 39.3 Å². The summed E-state index contributed by atoms with van der Waals surface area (Å²) in [7, 11) is 0. The molecule has 4 rings (SSSR count). The van der Waals surface area contributed by atoms with Crippen molar-refractivity contribution in [1.29, 1.82) is 0 Å². The first-order valence-electron chi connectivity index (χ1n) is 10.7.